The summed E-state index contributed by atoms with van der Waals surface area (Å²) in [7, 11) is 9.74. The first-order valence-corrected chi connectivity index (χ1v) is 49.5. The van der Waals surface area contributed by atoms with Gasteiger partial charge in [0.05, 0.1) is 61.6 Å². The summed E-state index contributed by atoms with van der Waals surface area (Å²) in [6, 6.07) is 66.9. The molecular weight excluding hydrogens is 1610 g/mol. The molecule has 6 heteroatoms. The molecule has 680 valence electrons. The highest BCUT2D eigenvalue weighted by molar-refractivity contribution is 5.99. The zero-order chi connectivity index (χ0) is 104. The van der Waals surface area contributed by atoms with Gasteiger partial charge in [0.25, 0.3) is 0 Å². The molecule has 133 heavy (non-hydrogen) atoms. The molecule has 0 amide bonds. The first-order valence-electron chi connectivity index (χ1n) is 56.0. The Hall–Kier alpha value is -11.6. The molecule has 5 aliphatic rings. The van der Waals surface area contributed by atoms with Gasteiger partial charge in [-0.25, -0.2) is 13.7 Å². The van der Waals surface area contributed by atoms with E-state index in [1.807, 2.05) is 70.2 Å². The predicted molar refractivity (Wildman–Crippen MR) is 562 cm³/mol. The Morgan fingerprint density at radius 3 is 1.03 bits per heavy atom. The number of aromatic nitrogens is 6. The van der Waals surface area contributed by atoms with Crippen molar-refractivity contribution >= 4 is 53.9 Å². The van der Waals surface area contributed by atoms with Crippen molar-refractivity contribution in [1.29, 1.82) is 0 Å². The molecule has 0 aliphatic heterocycles. The molecule has 0 N–H and O–H groups in total. The van der Waals surface area contributed by atoms with Crippen LogP contribution in [0, 0.1) is 76.2 Å². The fourth-order valence-corrected chi connectivity index (χ4v) is 22.4. The molecule has 6 nitrogen and oxygen atoms in total. The van der Waals surface area contributed by atoms with Crippen LogP contribution in [-0.4, -0.2) is 4.98 Å². The lowest BCUT2D eigenvalue weighted by atomic mass is 9.89. The molecular formula is C127H147N6+5. The molecule has 5 aliphatic carbocycles. The molecule has 10 aromatic carbocycles. The number of nitrogens with zero attached hydrogens (tertiary/aromatic N) is 6. The minimum Gasteiger partial charge on any atom is -0.264 e. The number of hydrogen-bond acceptors (Lipinski definition) is 1. The molecule has 5 saturated carbocycles. The van der Waals surface area contributed by atoms with Gasteiger partial charge in [0.15, 0.2) is 29.9 Å². The molecule has 6 aromatic heterocycles. The van der Waals surface area contributed by atoms with E-state index in [1.54, 1.807) is 23.7 Å². The van der Waals surface area contributed by atoms with Gasteiger partial charge in [0.2, 0.25) is 28.5 Å². The number of fused-ring (bicyclic) bond motifs is 5. The van der Waals surface area contributed by atoms with E-state index in [1.165, 1.54) is 217 Å². The van der Waals surface area contributed by atoms with E-state index in [9.17, 15) is 0 Å². The van der Waals surface area contributed by atoms with Crippen molar-refractivity contribution in [2.45, 2.75) is 274 Å². The fourth-order valence-electron chi connectivity index (χ4n) is 22.4. The van der Waals surface area contributed by atoms with E-state index in [-0.39, 0.29) is 24.6 Å². The molecule has 0 radical (unpaired) electrons. The van der Waals surface area contributed by atoms with Gasteiger partial charge in [0, 0.05) is 63.3 Å². The average molecular weight is 1770 g/mol. The standard InChI is InChI=1S/C29H30N.2C26H32N.C24H28N.C22H25N2/c1-20-13-14-25(23-9-5-4-6-10-23)19-28(20)29-27-16-15-24(22-11-7-8-12-22)18-26(27)17-21(2)30(29)3;2*1-17(2)23-14-18(3)19(4)25(16-23)26-24-11-10-21(20-8-6-7-9-20)15-22(24)12-13-27(26)5;1-16-13-17(2)18(3)23(14-16)24-22-10-9-20(19-7-5-6-8-19)15-21(22)11-12-25(24)4;1-15-14-23-11-10-20(15)22-21-9-8-18(17-6-4-5-7-17)13-19(21)12-16(2)24(22)3/h4-6,9-10,13-19,22H,7-8,11-12H2,1-3H3;2*10-17,20H,6-9H2,1-5H3;9-15,19H,5-8H2,1-4H3;8-14,17H,4-7H2,1-3H3/q5*+1/i17D;1D3,12D,13D,17D;12D,13D,17D;11D,12D;12D. The van der Waals surface area contributed by atoms with E-state index >= 15 is 0 Å². The van der Waals surface area contributed by atoms with Crippen LogP contribution in [0.2, 0.25) is 0 Å². The van der Waals surface area contributed by atoms with Crippen molar-refractivity contribution in [2.75, 3.05) is 0 Å². The second-order valence-electron chi connectivity index (χ2n) is 40.0. The van der Waals surface area contributed by atoms with E-state index in [4.69, 9.17) is 17.8 Å². The third-order valence-corrected chi connectivity index (χ3v) is 30.8. The van der Waals surface area contributed by atoms with Crippen LogP contribution in [0.15, 0.2) is 243 Å². The molecule has 16 aromatic rings. The topological polar surface area (TPSA) is 32.3 Å². The summed E-state index contributed by atoms with van der Waals surface area (Å²) >= 11 is 0. The van der Waals surface area contributed by atoms with Crippen molar-refractivity contribution in [3.8, 4) is 67.4 Å². The van der Waals surface area contributed by atoms with Gasteiger partial charge >= 0.3 is 0 Å². The summed E-state index contributed by atoms with van der Waals surface area (Å²) in [6.07, 6.45) is 29.7. The lowest BCUT2D eigenvalue weighted by Gasteiger charge is -2.15. The SMILES string of the molecule is [2H]c1c(C)[n+](C)c(-c2cc(-c3ccccc3)ccc2C)c2ccc(C3CCCC3)cc12.[2H]c1c(C)[n+](C)c(-c2ccncc2C)c2ccc(C3CCCC3)cc12.[2H]c1c([2H])[n+](C)c(-c2cc(C([2H])(C)C([2H])([2H])[2H])cc(C)c2C)c2ccc(C3CCCC3)cc12.[2H]c1c([2H])[n+](C)c(-c2cc(C([2H])(C)C)cc(C)c2C)c2ccc(C3CCCC3)cc12.[2H]c1c([2H])[n+](C)c(-c2cc(C)cc(C)c2C)c2ccc(C3CCCC3)cc12. The molecule has 0 bridgehead atoms. The largest absolute Gasteiger partial charge is 0.264 e. The second-order valence-corrected chi connectivity index (χ2v) is 40.0. The summed E-state index contributed by atoms with van der Waals surface area (Å²) in [5, 5.41) is 10.00. The van der Waals surface area contributed by atoms with Gasteiger partial charge in [-0.1, -0.05) is 219 Å². The van der Waals surface area contributed by atoms with Gasteiger partial charge in [0.1, 0.15) is 39.4 Å². The summed E-state index contributed by atoms with van der Waals surface area (Å²) in [6.45, 7) is 25.7. The zero-order valence-corrected chi connectivity index (χ0v) is 82.7. The van der Waals surface area contributed by atoms with E-state index < -0.39 is 18.6 Å². The molecule has 1 unspecified atom stereocenters. The average Bonchev–Trinajstić information content (AvgIpc) is 1.11. The number of benzene rings is 10. The molecule has 1 atom stereocenters. The van der Waals surface area contributed by atoms with Crippen LogP contribution in [0.4, 0.5) is 0 Å². The lowest BCUT2D eigenvalue weighted by molar-refractivity contribution is -0.665. The normalized spacial score (nSPS) is 17.1. The van der Waals surface area contributed by atoms with Crippen LogP contribution >= 0.6 is 0 Å². The Balaban J connectivity index is 0.000000125. The maximum absolute atomic E-state index is 8.87. The van der Waals surface area contributed by atoms with Crippen molar-refractivity contribution < 1.29 is 40.7 Å². The van der Waals surface area contributed by atoms with Gasteiger partial charge < -0.3 is 0 Å². The number of hydrogen-bond donors (Lipinski definition) is 0. The second kappa shape index (κ2) is 40.7. The van der Waals surface area contributed by atoms with Crippen molar-refractivity contribution in [3.05, 3.63) is 344 Å². The van der Waals surface area contributed by atoms with Crippen LogP contribution in [0.25, 0.3) is 121 Å². The maximum Gasteiger partial charge on any atom is 0.220 e. The molecule has 0 spiro atoms. The third-order valence-electron chi connectivity index (χ3n) is 30.8. The first-order chi connectivity index (χ1) is 69.4. The number of aryl methyl sites for hydroxylation is 6. The highest BCUT2D eigenvalue weighted by Crippen LogP contribution is 2.45. The minimum atomic E-state index is -2.47. The Morgan fingerprint density at radius 2 is 0.662 bits per heavy atom. The van der Waals surface area contributed by atoms with Crippen molar-refractivity contribution in [3.63, 3.8) is 0 Å². The smallest absolute Gasteiger partial charge is 0.220 e. The highest BCUT2D eigenvalue weighted by atomic mass is 15.0. The Bertz CT molecular complexity index is 7750. The highest BCUT2D eigenvalue weighted by Gasteiger charge is 2.31. The number of pyridine rings is 6. The summed E-state index contributed by atoms with van der Waals surface area (Å²) in [5.41, 5.74) is 33.6. The Morgan fingerprint density at radius 1 is 0.316 bits per heavy atom. The molecule has 21 rings (SSSR count). The Labute approximate surface area is 814 Å². The third kappa shape index (κ3) is 19.9. The monoisotopic (exact) mass is 1770 g/mol. The van der Waals surface area contributed by atoms with Gasteiger partial charge in [-0.15, -0.1) is 0 Å². The zero-order valence-electron chi connectivity index (χ0n) is 95.7. The Kier molecular flexibility index (Phi) is 23.8. The fraction of sp³-hybridized carbons (Fsp3) is 0.370. The van der Waals surface area contributed by atoms with Crippen LogP contribution in [-0.2, 0) is 35.2 Å². The van der Waals surface area contributed by atoms with E-state index in [2.05, 4.69) is 253 Å². The number of rotatable bonds is 13. The maximum atomic E-state index is 8.87. The molecule has 5 fully saturated rings. The quantitative estimate of drug-likeness (QED) is 0.106. The summed E-state index contributed by atoms with van der Waals surface area (Å²) < 4.78 is 120. The lowest BCUT2D eigenvalue weighted by Crippen LogP contribution is -2.35. The van der Waals surface area contributed by atoms with E-state index in [0.29, 0.717) is 59.3 Å². The van der Waals surface area contributed by atoms with E-state index in [0.717, 1.165) is 134 Å². The van der Waals surface area contributed by atoms with Gasteiger partial charge in [-0.3, -0.25) is 4.98 Å². The van der Waals surface area contributed by atoms with Crippen LogP contribution in [0.5, 0.6) is 0 Å². The van der Waals surface area contributed by atoms with Crippen molar-refractivity contribution in [1.82, 2.24) is 4.98 Å². The summed E-state index contributed by atoms with van der Waals surface area (Å²) in [5.74, 6) is 0.574. The van der Waals surface area contributed by atoms with Crippen LogP contribution in [0.1, 0.15) is 316 Å². The van der Waals surface area contributed by atoms with Crippen molar-refractivity contribution in [2.24, 2.45) is 35.2 Å². The first kappa shape index (κ1) is 77.8. The van der Waals surface area contributed by atoms with Crippen LogP contribution < -0.4 is 22.8 Å². The molecule has 6 heterocycles. The van der Waals surface area contributed by atoms with Crippen LogP contribution in [0.3, 0.4) is 0 Å². The minimum absolute atomic E-state index is 0.119. The summed E-state index contributed by atoms with van der Waals surface area (Å²) in [4.78, 5) is 4.24. The molecule has 0 saturated heterocycles. The van der Waals surface area contributed by atoms with Gasteiger partial charge in [-0.2, -0.15) is 9.13 Å². The van der Waals surface area contributed by atoms with Gasteiger partial charge in [-0.05, 0) is 350 Å². The predicted octanol–water partition coefficient (Wildman–Crippen LogP) is 31.6.